The standard InChI is InChI=1S/C26H24ClN3O8S/c1-36-25(34)19-13-17(4-7-20(19)27)28-22(31)14-30-24(33)21(39-26(30)35)12-16-2-5-18(6-3-16)38-15-23(32)29-8-10-37-11-9-29/h2-7,12-13H,8-11,14-15H2,1H3,(H,28,31)/b21-12+. The summed E-state index contributed by atoms with van der Waals surface area (Å²) in [6.45, 7) is 1.49. The number of carbonyl (C=O) groups is 5. The number of hydrogen-bond acceptors (Lipinski definition) is 9. The molecule has 0 spiro atoms. The average Bonchev–Trinajstić information content (AvgIpc) is 3.20. The third-order valence-electron chi connectivity index (χ3n) is 5.73. The SMILES string of the molecule is COC(=O)c1cc(NC(=O)CN2C(=O)S/C(=C/c3ccc(OCC(=O)N4CCOCC4)cc3)C2=O)ccc1Cl. The number of amides is 4. The summed E-state index contributed by atoms with van der Waals surface area (Å²) in [4.78, 5) is 64.5. The summed E-state index contributed by atoms with van der Waals surface area (Å²) in [5.74, 6) is -1.56. The van der Waals surface area contributed by atoms with Crippen LogP contribution >= 0.6 is 23.4 Å². The Bertz CT molecular complexity index is 1320. The number of carbonyl (C=O) groups excluding carboxylic acids is 5. The molecule has 2 saturated heterocycles. The van der Waals surface area contributed by atoms with E-state index in [0.29, 0.717) is 37.6 Å². The van der Waals surface area contributed by atoms with Crippen LogP contribution in [0.2, 0.25) is 5.02 Å². The third-order valence-corrected chi connectivity index (χ3v) is 6.97. The molecule has 11 nitrogen and oxygen atoms in total. The van der Waals surface area contributed by atoms with Crippen LogP contribution in [0.15, 0.2) is 47.4 Å². The second-order valence-corrected chi connectivity index (χ2v) is 9.75. The molecule has 0 aromatic heterocycles. The van der Waals surface area contributed by atoms with E-state index in [2.05, 4.69) is 10.1 Å². The molecule has 0 radical (unpaired) electrons. The predicted octanol–water partition coefficient (Wildman–Crippen LogP) is 3.04. The number of methoxy groups -OCH3 is 1. The monoisotopic (exact) mass is 573 g/mol. The number of thioether (sulfide) groups is 1. The van der Waals surface area contributed by atoms with Gasteiger partial charge in [-0.05, 0) is 53.7 Å². The summed E-state index contributed by atoms with van der Waals surface area (Å²) in [7, 11) is 1.20. The first-order valence-corrected chi connectivity index (χ1v) is 13.0. The first-order chi connectivity index (χ1) is 18.7. The van der Waals surface area contributed by atoms with Crippen LogP contribution in [0.5, 0.6) is 5.75 Å². The van der Waals surface area contributed by atoms with Crippen LogP contribution in [0, 0.1) is 0 Å². The van der Waals surface area contributed by atoms with E-state index in [1.54, 1.807) is 29.2 Å². The Kier molecular flexibility index (Phi) is 9.23. The maximum absolute atomic E-state index is 12.8. The first-order valence-electron chi connectivity index (χ1n) is 11.8. The number of rotatable bonds is 8. The van der Waals surface area contributed by atoms with E-state index in [1.807, 2.05) is 0 Å². The van der Waals surface area contributed by atoms with Crippen molar-refractivity contribution in [3.8, 4) is 5.75 Å². The minimum absolute atomic E-state index is 0.0613. The van der Waals surface area contributed by atoms with Gasteiger partial charge in [-0.15, -0.1) is 0 Å². The van der Waals surface area contributed by atoms with E-state index in [-0.39, 0.29) is 33.7 Å². The van der Waals surface area contributed by atoms with Crippen molar-refractivity contribution >= 4 is 64.1 Å². The van der Waals surface area contributed by atoms with Crippen LogP contribution in [0.4, 0.5) is 10.5 Å². The zero-order chi connectivity index (χ0) is 27.9. The molecule has 39 heavy (non-hydrogen) atoms. The molecule has 0 saturated carbocycles. The summed E-state index contributed by atoms with van der Waals surface area (Å²) in [5.41, 5.74) is 0.945. The fourth-order valence-electron chi connectivity index (χ4n) is 3.71. The molecule has 2 aliphatic heterocycles. The lowest BCUT2D eigenvalue weighted by molar-refractivity contribution is -0.137. The van der Waals surface area contributed by atoms with Gasteiger partial charge >= 0.3 is 5.97 Å². The third kappa shape index (κ3) is 7.16. The van der Waals surface area contributed by atoms with Gasteiger partial charge in [0.2, 0.25) is 5.91 Å². The Morgan fingerprint density at radius 2 is 1.82 bits per heavy atom. The Balaban J connectivity index is 1.33. The number of halogens is 1. The Morgan fingerprint density at radius 1 is 1.10 bits per heavy atom. The number of imide groups is 1. The van der Waals surface area contributed by atoms with E-state index in [9.17, 15) is 24.0 Å². The predicted molar refractivity (Wildman–Crippen MR) is 143 cm³/mol. The van der Waals surface area contributed by atoms with Crippen LogP contribution in [0.25, 0.3) is 6.08 Å². The van der Waals surface area contributed by atoms with E-state index < -0.39 is 29.6 Å². The molecule has 2 aromatic carbocycles. The maximum atomic E-state index is 12.8. The van der Waals surface area contributed by atoms with Crippen molar-refractivity contribution in [3.05, 3.63) is 63.5 Å². The highest BCUT2D eigenvalue weighted by Crippen LogP contribution is 2.32. The van der Waals surface area contributed by atoms with Gasteiger partial charge in [-0.3, -0.25) is 24.1 Å². The number of esters is 1. The molecular formula is C26H24ClN3O8S. The van der Waals surface area contributed by atoms with E-state index in [1.165, 1.54) is 31.4 Å². The molecule has 0 bridgehead atoms. The van der Waals surface area contributed by atoms with Gasteiger partial charge in [0.05, 0.1) is 35.8 Å². The topological polar surface area (TPSA) is 132 Å². The van der Waals surface area contributed by atoms with Crippen molar-refractivity contribution in [3.63, 3.8) is 0 Å². The second kappa shape index (κ2) is 12.8. The Morgan fingerprint density at radius 3 is 2.51 bits per heavy atom. The number of hydrogen-bond donors (Lipinski definition) is 1. The van der Waals surface area contributed by atoms with E-state index >= 15 is 0 Å². The zero-order valence-corrected chi connectivity index (χ0v) is 22.4. The molecule has 2 heterocycles. The Labute approximate surface area is 233 Å². The highest BCUT2D eigenvalue weighted by Gasteiger charge is 2.36. The van der Waals surface area contributed by atoms with Crippen molar-refractivity contribution < 1.29 is 38.2 Å². The van der Waals surface area contributed by atoms with Gasteiger partial charge in [-0.1, -0.05) is 23.7 Å². The zero-order valence-electron chi connectivity index (χ0n) is 20.8. The van der Waals surface area contributed by atoms with Crippen LogP contribution in [-0.4, -0.2) is 85.3 Å². The molecule has 4 amide bonds. The van der Waals surface area contributed by atoms with Gasteiger partial charge < -0.3 is 24.4 Å². The number of nitrogens with zero attached hydrogens (tertiary/aromatic N) is 2. The van der Waals surface area contributed by atoms with Gasteiger partial charge in [-0.25, -0.2) is 4.79 Å². The van der Waals surface area contributed by atoms with Crippen LogP contribution in [-0.2, 0) is 23.9 Å². The summed E-state index contributed by atoms with van der Waals surface area (Å²) in [5, 5.41) is 2.10. The lowest BCUT2D eigenvalue weighted by atomic mass is 10.2. The molecule has 204 valence electrons. The van der Waals surface area contributed by atoms with Crippen molar-refractivity contribution in [2.45, 2.75) is 0 Å². The summed E-state index contributed by atoms with van der Waals surface area (Å²) < 4.78 is 15.5. The van der Waals surface area contributed by atoms with Crippen LogP contribution < -0.4 is 10.1 Å². The second-order valence-electron chi connectivity index (χ2n) is 8.35. The quantitative estimate of drug-likeness (QED) is 0.374. The highest BCUT2D eigenvalue weighted by atomic mass is 35.5. The summed E-state index contributed by atoms with van der Waals surface area (Å²) in [6.07, 6.45) is 1.54. The minimum Gasteiger partial charge on any atom is -0.484 e. The van der Waals surface area contributed by atoms with Gasteiger partial charge in [0.15, 0.2) is 6.61 Å². The van der Waals surface area contributed by atoms with Gasteiger partial charge in [0.1, 0.15) is 12.3 Å². The average molecular weight is 574 g/mol. The number of anilines is 1. The van der Waals surface area contributed by atoms with Gasteiger partial charge in [-0.2, -0.15) is 0 Å². The molecule has 2 aromatic rings. The lowest BCUT2D eigenvalue weighted by Gasteiger charge is -2.26. The van der Waals surface area contributed by atoms with Crippen molar-refractivity contribution in [2.75, 3.05) is 51.9 Å². The largest absolute Gasteiger partial charge is 0.484 e. The smallest absolute Gasteiger partial charge is 0.339 e. The first kappa shape index (κ1) is 28.1. The molecule has 0 unspecified atom stereocenters. The summed E-state index contributed by atoms with van der Waals surface area (Å²) >= 11 is 6.70. The molecule has 0 atom stereocenters. The Hall–Kier alpha value is -3.87. The number of nitrogens with one attached hydrogen (secondary N) is 1. The van der Waals surface area contributed by atoms with Gasteiger partial charge in [0, 0.05) is 18.8 Å². The van der Waals surface area contributed by atoms with E-state index in [4.69, 9.17) is 21.1 Å². The number of ether oxygens (including phenoxy) is 3. The van der Waals surface area contributed by atoms with Crippen LogP contribution in [0.3, 0.4) is 0 Å². The molecular weight excluding hydrogens is 550 g/mol. The normalized spacial score (nSPS) is 16.4. The van der Waals surface area contributed by atoms with Gasteiger partial charge in [0.25, 0.3) is 17.1 Å². The molecule has 0 aliphatic carbocycles. The lowest BCUT2D eigenvalue weighted by Crippen LogP contribution is -2.42. The van der Waals surface area contributed by atoms with Crippen LogP contribution in [0.1, 0.15) is 15.9 Å². The fourth-order valence-corrected chi connectivity index (χ4v) is 4.74. The van der Waals surface area contributed by atoms with Crippen molar-refractivity contribution in [1.82, 2.24) is 9.80 Å². The number of morpholine rings is 1. The van der Waals surface area contributed by atoms with E-state index in [0.717, 1.165) is 16.7 Å². The van der Waals surface area contributed by atoms with Crippen molar-refractivity contribution in [1.29, 1.82) is 0 Å². The fraction of sp³-hybridized carbons (Fsp3) is 0.269. The minimum atomic E-state index is -0.673. The molecule has 1 N–H and O–H groups in total. The molecule has 2 fully saturated rings. The van der Waals surface area contributed by atoms with Crippen molar-refractivity contribution in [2.24, 2.45) is 0 Å². The molecule has 4 rings (SSSR count). The highest BCUT2D eigenvalue weighted by molar-refractivity contribution is 8.18. The summed E-state index contributed by atoms with van der Waals surface area (Å²) in [6, 6.07) is 10.9. The molecule has 13 heteroatoms. The molecule has 2 aliphatic rings. The number of benzene rings is 2. The maximum Gasteiger partial charge on any atom is 0.339 e.